The molecule has 1 saturated carbocycles. The minimum absolute atomic E-state index is 0.0461. The Morgan fingerprint density at radius 3 is 2.12 bits per heavy atom. The summed E-state index contributed by atoms with van der Waals surface area (Å²) in [7, 11) is 0. The number of piperazine rings is 1. The molecule has 1 aliphatic carbocycles. The van der Waals surface area contributed by atoms with Crippen LogP contribution in [-0.4, -0.2) is 22.3 Å². The Morgan fingerprint density at radius 1 is 0.923 bits per heavy atom. The van der Waals surface area contributed by atoms with Gasteiger partial charge in [0.2, 0.25) is 5.91 Å². The van der Waals surface area contributed by atoms with E-state index in [9.17, 15) is 9.59 Å². The monoisotopic (exact) mass is 348 g/mol. The molecule has 1 heterocycles. The lowest BCUT2D eigenvalue weighted by molar-refractivity contribution is -0.164. The van der Waals surface area contributed by atoms with Gasteiger partial charge in [0.1, 0.15) is 11.1 Å². The first-order chi connectivity index (χ1) is 12.6. The Morgan fingerprint density at radius 2 is 1.50 bits per heavy atom. The van der Waals surface area contributed by atoms with E-state index in [1.165, 1.54) is 0 Å². The lowest BCUT2D eigenvalue weighted by Gasteiger charge is -2.50. The van der Waals surface area contributed by atoms with Crippen LogP contribution in [0.25, 0.3) is 0 Å². The SMILES string of the molecule is CC1(c2ccccc2)C(=O)NC2(CCCC2)C(=O)N1Cc1ccccc1. The zero-order chi connectivity index (χ0) is 18.2. The van der Waals surface area contributed by atoms with Gasteiger partial charge < -0.3 is 10.2 Å². The van der Waals surface area contributed by atoms with E-state index in [4.69, 9.17) is 0 Å². The molecule has 134 valence electrons. The Bertz CT molecular complexity index is 813. The van der Waals surface area contributed by atoms with Crippen molar-refractivity contribution in [3.63, 3.8) is 0 Å². The molecule has 2 aliphatic rings. The van der Waals surface area contributed by atoms with Crippen molar-refractivity contribution >= 4 is 11.8 Å². The van der Waals surface area contributed by atoms with Crippen LogP contribution in [0, 0.1) is 0 Å². The second kappa shape index (κ2) is 6.27. The van der Waals surface area contributed by atoms with Gasteiger partial charge in [-0.15, -0.1) is 0 Å². The molecule has 1 saturated heterocycles. The summed E-state index contributed by atoms with van der Waals surface area (Å²) < 4.78 is 0. The molecular weight excluding hydrogens is 324 g/mol. The van der Waals surface area contributed by atoms with Gasteiger partial charge in [-0.2, -0.15) is 0 Å². The van der Waals surface area contributed by atoms with Crippen molar-refractivity contribution in [2.75, 3.05) is 0 Å². The molecule has 0 radical (unpaired) electrons. The number of nitrogens with one attached hydrogen (secondary N) is 1. The summed E-state index contributed by atoms with van der Waals surface area (Å²) >= 11 is 0. The van der Waals surface area contributed by atoms with Crippen LogP contribution >= 0.6 is 0 Å². The fraction of sp³-hybridized carbons (Fsp3) is 0.364. The quantitative estimate of drug-likeness (QED) is 0.924. The standard InChI is InChI=1S/C22H24N2O2/c1-21(18-12-6-3-7-13-18)19(25)23-22(14-8-9-15-22)20(26)24(21)16-17-10-4-2-5-11-17/h2-7,10-13H,8-9,14-16H2,1H3,(H,23,25). The number of carbonyl (C=O) groups is 2. The van der Waals surface area contributed by atoms with Crippen molar-refractivity contribution < 1.29 is 9.59 Å². The molecule has 1 N–H and O–H groups in total. The smallest absolute Gasteiger partial charge is 0.251 e. The Labute approximate surface area is 154 Å². The van der Waals surface area contributed by atoms with E-state index in [0.29, 0.717) is 6.54 Å². The van der Waals surface area contributed by atoms with Crippen LogP contribution < -0.4 is 5.32 Å². The zero-order valence-electron chi connectivity index (χ0n) is 15.1. The number of hydrogen-bond acceptors (Lipinski definition) is 2. The maximum absolute atomic E-state index is 13.6. The van der Waals surface area contributed by atoms with Crippen LogP contribution in [-0.2, 0) is 21.7 Å². The Balaban J connectivity index is 1.80. The molecule has 1 unspecified atom stereocenters. The molecule has 0 aromatic heterocycles. The van der Waals surface area contributed by atoms with Gasteiger partial charge in [-0.3, -0.25) is 9.59 Å². The molecule has 2 aromatic rings. The molecule has 26 heavy (non-hydrogen) atoms. The normalized spacial score (nSPS) is 24.7. The minimum atomic E-state index is -1.01. The fourth-order valence-electron chi connectivity index (χ4n) is 4.34. The molecule has 1 aliphatic heterocycles. The van der Waals surface area contributed by atoms with Gasteiger partial charge in [0.25, 0.3) is 5.91 Å². The highest BCUT2D eigenvalue weighted by Gasteiger charge is 2.57. The number of hydrogen-bond donors (Lipinski definition) is 1. The molecule has 0 bridgehead atoms. The van der Waals surface area contributed by atoms with Gasteiger partial charge in [-0.25, -0.2) is 0 Å². The lowest BCUT2D eigenvalue weighted by Crippen LogP contribution is -2.72. The maximum atomic E-state index is 13.6. The van der Waals surface area contributed by atoms with Crippen molar-refractivity contribution in [1.29, 1.82) is 0 Å². The Hall–Kier alpha value is -2.62. The average Bonchev–Trinajstić information content (AvgIpc) is 3.15. The number of nitrogens with zero attached hydrogens (tertiary/aromatic N) is 1. The largest absolute Gasteiger partial charge is 0.339 e. The lowest BCUT2D eigenvalue weighted by atomic mass is 9.80. The predicted molar refractivity (Wildman–Crippen MR) is 100 cm³/mol. The highest BCUT2D eigenvalue weighted by molar-refractivity contribution is 6.02. The van der Waals surface area contributed by atoms with Gasteiger partial charge in [0.05, 0.1) is 0 Å². The highest BCUT2D eigenvalue weighted by Crippen LogP contribution is 2.42. The van der Waals surface area contributed by atoms with Gasteiger partial charge in [-0.05, 0) is 30.9 Å². The molecule has 2 fully saturated rings. The number of amides is 2. The first kappa shape index (κ1) is 16.8. The number of carbonyl (C=O) groups excluding carboxylic acids is 2. The van der Waals surface area contributed by atoms with E-state index in [1.807, 2.05) is 67.6 Å². The Kier molecular flexibility index (Phi) is 4.06. The molecule has 4 heteroatoms. The van der Waals surface area contributed by atoms with Crippen molar-refractivity contribution in [1.82, 2.24) is 10.2 Å². The second-order valence-electron chi connectivity index (χ2n) is 7.56. The average molecular weight is 348 g/mol. The third kappa shape index (κ3) is 2.52. The summed E-state index contributed by atoms with van der Waals surface area (Å²) in [6, 6.07) is 19.5. The van der Waals surface area contributed by atoms with Crippen LogP contribution in [0.4, 0.5) is 0 Å². The third-order valence-electron chi connectivity index (χ3n) is 5.97. The fourth-order valence-corrected chi connectivity index (χ4v) is 4.34. The summed E-state index contributed by atoms with van der Waals surface area (Å²) in [5, 5.41) is 3.12. The summed E-state index contributed by atoms with van der Waals surface area (Å²) in [5.74, 6) is -0.0362. The van der Waals surface area contributed by atoms with Crippen LogP contribution in [0.3, 0.4) is 0 Å². The van der Waals surface area contributed by atoms with E-state index in [-0.39, 0.29) is 11.8 Å². The first-order valence-electron chi connectivity index (χ1n) is 9.30. The van der Waals surface area contributed by atoms with E-state index in [1.54, 1.807) is 4.90 Å². The van der Waals surface area contributed by atoms with Crippen molar-refractivity contribution in [3.05, 3.63) is 71.8 Å². The van der Waals surface area contributed by atoms with Crippen LogP contribution in [0.15, 0.2) is 60.7 Å². The molecule has 1 atom stereocenters. The van der Waals surface area contributed by atoms with Gasteiger partial charge >= 0.3 is 0 Å². The topological polar surface area (TPSA) is 49.4 Å². The van der Waals surface area contributed by atoms with Crippen molar-refractivity contribution in [2.45, 2.75) is 50.2 Å². The summed E-state index contributed by atoms with van der Waals surface area (Å²) in [4.78, 5) is 28.7. The predicted octanol–water partition coefficient (Wildman–Crippen LogP) is 3.37. The van der Waals surface area contributed by atoms with Gasteiger partial charge in [-0.1, -0.05) is 73.5 Å². The number of benzene rings is 2. The molecule has 4 nitrogen and oxygen atoms in total. The van der Waals surface area contributed by atoms with Crippen molar-refractivity contribution in [3.8, 4) is 0 Å². The van der Waals surface area contributed by atoms with Crippen LogP contribution in [0.1, 0.15) is 43.7 Å². The van der Waals surface area contributed by atoms with E-state index in [0.717, 1.165) is 36.8 Å². The maximum Gasteiger partial charge on any atom is 0.251 e. The van der Waals surface area contributed by atoms with Crippen molar-refractivity contribution in [2.24, 2.45) is 0 Å². The summed E-state index contributed by atoms with van der Waals surface area (Å²) in [6.07, 6.45) is 3.42. The third-order valence-corrected chi connectivity index (χ3v) is 5.97. The van der Waals surface area contributed by atoms with Crippen LogP contribution in [0.5, 0.6) is 0 Å². The second-order valence-corrected chi connectivity index (χ2v) is 7.56. The number of rotatable bonds is 3. The van der Waals surface area contributed by atoms with Gasteiger partial charge in [0.15, 0.2) is 0 Å². The molecular formula is C22H24N2O2. The molecule has 4 rings (SSSR count). The highest BCUT2D eigenvalue weighted by atomic mass is 16.2. The van der Waals surface area contributed by atoms with Gasteiger partial charge in [0, 0.05) is 6.54 Å². The minimum Gasteiger partial charge on any atom is -0.339 e. The first-order valence-corrected chi connectivity index (χ1v) is 9.30. The van der Waals surface area contributed by atoms with E-state index < -0.39 is 11.1 Å². The van der Waals surface area contributed by atoms with Crippen LogP contribution in [0.2, 0.25) is 0 Å². The molecule has 2 aromatic carbocycles. The summed E-state index contributed by atoms with van der Waals surface area (Å²) in [6.45, 7) is 2.29. The molecule has 2 amide bonds. The molecule has 1 spiro atoms. The zero-order valence-corrected chi connectivity index (χ0v) is 15.1. The van der Waals surface area contributed by atoms with E-state index >= 15 is 0 Å². The van der Waals surface area contributed by atoms with E-state index in [2.05, 4.69) is 5.32 Å². The summed E-state index contributed by atoms with van der Waals surface area (Å²) in [5.41, 5.74) is 0.141.